The maximum Gasteiger partial charge on any atom is 0.355 e. The summed E-state index contributed by atoms with van der Waals surface area (Å²) in [5, 5.41) is 9.15. The van der Waals surface area contributed by atoms with Gasteiger partial charge in [-0.3, -0.25) is 0 Å². The van der Waals surface area contributed by atoms with E-state index in [0.717, 1.165) is 10.0 Å². The van der Waals surface area contributed by atoms with Crippen molar-refractivity contribution in [3.63, 3.8) is 0 Å². The van der Waals surface area contributed by atoms with E-state index in [1.165, 1.54) is 12.5 Å². The minimum absolute atomic E-state index is 0.191. The number of nitrogens with one attached hydrogen (secondary N) is 1. The predicted octanol–water partition coefficient (Wildman–Crippen LogP) is 3.26. The molecule has 0 fully saturated rings. The third kappa shape index (κ3) is 2.34. The topological polar surface area (TPSA) is 78.8 Å². The average molecular weight is 322 g/mol. The van der Waals surface area contributed by atoms with Crippen LogP contribution in [-0.4, -0.2) is 15.9 Å². The van der Waals surface area contributed by atoms with Gasteiger partial charge in [0.25, 0.3) is 6.26 Å². The second-order valence-corrected chi connectivity index (χ2v) is 5.99. The zero-order chi connectivity index (χ0) is 14.2. The van der Waals surface area contributed by atoms with Crippen molar-refractivity contribution in [2.24, 2.45) is 0 Å². The van der Waals surface area contributed by atoms with Crippen molar-refractivity contribution >= 4 is 32.9 Å². The standard InChI is InChI=1S/C13H12BrN3O2/c1-13(2,3)10-8(14)5-17-11-9(10)7(4-16-11)12(18)19-6-15/h4-5H,1-3H3,(H,16,17). The number of carbonyl (C=O) groups excluding carboxylic acids is 1. The molecule has 2 rings (SSSR count). The van der Waals surface area contributed by atoms with Crippen molar-refractivity contribution in [3.05, 3.63) is 28.0 Å². The van der Waals surface area contributed by atoms with E-state index in [1.807, 2.05) is 20.8 Å². The number of esters is 1. The Morgan fingerprint density at radius 1 is 1.53 bits per heavy atom. The lowest BCUT2D eigenvalue weighted by Gasteiger charge is -2.22. The molecule has 2 heterocycles. The number of fused-ring (bicyclic) bond motifs is 1. The van der Waals surface area contributed by atoms with E-state index in [2.05, 4.69) is 30.6 Å². The Morgan fingerprint density at radius 3 is 2.79 bits per heavy atom. The molecule has 19 heavy (non-hydrogen) atoms. The summed E-state index contributed by atoms with van der Waals surface area (Å²) < 4.78 is 5.22. The van der Waals surface area contributed by atoms with Gasteiger partial charge in [-0.15, -0.1) is 5.26 Å². The highest BCUT2D eigenvalue weighted by molar-refractivity contribution is 9.10. The molecule has 1 N–H and O–H groups in total. The molecule has 0 aromatic carbocycles. The fourth-order valence-corrected chi connectivity index (χ4v) is 2.96. The quantitative estimate of drug-likeness (QED) is 0.645. The van der Waals surface area contributed by atoms with Gasteiger partial charge < -0.3 is 9.72 Å². The maximum absolute atomic E-state index is 11.8. The molecule has 6 heteroatoms. The first kappa shape index (κ1) is 13.6. The van der Waals surface area contributed by atoms with Gasteiger partial charge in [0.15, 0.2) is 0 Å². The second kappa shape index (κ2) is 4.67. The fraction of sp³-hybridized carbons (Fsp3) is 0.308. The number of carbonyl (C=O) groups is 1. The molecule has 0 amide bonds. The number of hydrogen-bond donors (Lipinski definition) is 1. The molecule has 0 aliphatic carbocycles. The summed E-state index contributed by atoms with van der Waals surface area (Å²) >= 11 is 3.47. The van der Waals surface area contributed by atoms with Gasteiger partial charge in [-0.1, -0.05) is 20.8 Å². The first-order chi connectivity index (χ1) is 8.86. The number of rotatable bonds is 1. The molecule has 0 bridgehead atoms. The molecule has 0 atom stereocenters. The summed E-state index contributed by atoms with van der Waals surface area (Å²) in [6, 6.07) is 0. The minimum Gasteiger partial charge on any atom is -0.347 e. The van der Waals surface area contributed by atoms with Crippen molar-refractivity contribution in [2.45, 2.75) is 26.2 Å². The lowest BCUT2D eigenvalue weighted by atomic mass is 9.85. The van der Waals surface area contributed by atoms with Crippen LogP contribution in [0.2, 0.25) is 0 Å². The Balaban J connectivity index is 2.80. The molecule has 2 aromatic heterocycles. The predicted molar refractivity (Wildman–Crippen MR) is 73.5 cm³/mol. The van der Waals surface area contributed by atoms with Crippen LogP contribution in [0.1, 0.15) is 36.7 Å². The average Bonchev–Trinajstić information content (AvgIpc) is 2.70. The van der Waals surface area contributed by atoms with Crippen LogP contribution in [0, 0.1) is 11.5 Å². The first-order valence-corrected chi connectivity index (χ1v) is 6.42. The van der Waals surface area contributed by atoms with Crippen LogP contribution in [0.25, 0.3) is 11.0 Å². The van der Waals surface area contributed by atoms with Gasteiger partial charge in [0, 0.05) is 22.3 Å². The van der Waals surface area contributed by atoms with Gasteiger partial charge in [0.2, 0.25) is 0 Å². The van der Waals surface area contributed by atoms with Crippen LogP contribution in [0.5, 0.6) is 0 Å². The Labute approximate surface area is 118 Å². The Morgan fingerprint density at radius 2 is 2.21 bits per heavy atom. The lowest BCUT2D eigenvalue weighted by Crippen LogP contribution is -2.14. The summed E-state index contributed by atoms with van der Waals surface area (Å²) in [4.78, 5) is 19.0. The molecule has 0 saturated carbocycles. The van der Waals surface area contributed by atoms with Gasteiger partial charge in [-0.05, 0) is 26.9 Å². The number of aromatic nitrogens is 2. The van der Waals surface area contributed by atoms with Crippen molar-refractivity contribution < 1.29 is 9.53 Å². The molecule has 5 nitrogen and oxygen atoms in total. The summed E-state index contributed by atoms with van der Waals surface area (Å²) in [5.41, 5.74) is 1.67. The Bertz CT molecular complexity index is 692. The SMILES string of the molecule is CC(C)(C)c1c(Br)cnc2[nH]cc(C(=O)OC#N)c12. The molecule has 0 spiro atoms. The number of aromatic amines is 1. The fourth-order valence-electron chi connectivity index (χ4n) is 2.06. The minimum atomic E-state index is -0.681. The number of halogens is 1. The Kier molecular flexibility index (Phi) is 3.33. The Hall–Kier alpha value is -1.87. The smallest absolute Gasteiger partial charge is 0.347 e. The summed E-state index contributed by atoms with van der Waals surface area (Å²) in [5.74, 6) is -0.681. The van der Waals surface area contributed by atoms with E-state index in [0.29, 0.717) is 16.6 Å². The molecular weight excluding hydrogens is 310 g/mol. The molecule has 0 radical (unpaired) electrons. The van der Waals surface area contributed by atoms with Crippen LogP contribution in [0.4, 0.5) is 0 Å². The molecule has 0 aliphatic rings. The molecule has 0 aliphatic heterocycles. The van der Waals surface area contributed by atoms with E-state index in [-0.39, 0.29) is 5.41 Å². The van der Waals surface area contributed by atoms with Crippen molar-refractivity contribution in [3.8, 4) is 6.26 Å². The van der Waals surface area contributed by atoms with Crippen molar-refractivity contribution in [1.29, 1.82) is 5.26 Å². The van der Waals surface area contributed by atoms with Crippen LogP contribution < -0.4 is 0 Å². The lowest BCUT2D eigenvalue weighted by molar-refractivity contribution is 0.0687. The number of pyridine rings is 1. The molecule has 0 saturated heterocycles. The number of nitrogens with zero attached hydrogens (tertiary/aromatic N) is 2. The van der Waals surface area contributed by atoms with E-state index in [4.69, 9.17) is 5.26 Å². The third-order valence-electron chi connectivity index (χ3n) is 2.76. The van der Waals surface area contributed by atoms with Gasteiger partial charge >= 0.3 is 5.97 Å². The van der Waals surface area contributed by atoms with Crippen LogP contribution >= 0.6 is 15.9 Å². The maximum atomic E-state index is 11.8. The highest BCUT2D eigenvalue weighted by atomic mass is 79.9. The highest BCUT2D eigenvalue weighted by Gasteiger charge is 2.26. The van der Waals surface area contributed by atoms with Crippen LogP contribution in [0.3, 0.4) is 0 Å². The summed E-state index contributed by atoms with van der Waals surface area (Å²) in [7, 11) is 0. The summed E-state index contributed by atoms with van der Waals surface area (Å²) in [6.07, 6.45) is 4.60. The van der Waals surface area contributed by atoms with Crippen molar-refractivity contribution in [2.75, 3.05) is 0 Å². The first-order valence-electron chi connectivity index (χ1n) is 5.62. The normalized spacial score (nSPS) is 11.3. The highest BCUT2D eigenvalue weighted by Crippen LogP contribution is 2.36. The second-order valence-electron chi connectivity index (χ2n) is 5.14. The summed E-state index contributed by atoms with van der Waals surface area (Å²) in [6.45, 7) is 6.12. The zero-order valence-electron chi connectivity index (χ0n) is 10.7. The van der Waals surface area contributed by atoms with E-state index in [1.54, 1.807) is 6.20 Å². The molecule has 98 valence electrons. The molecule has 0 unspecified atom stereocenters. The van der Waals surface area contributed by atoms with Crippen molar-refractivity contribution in [1.82, 2.24) is 9.97 Å². The van der Waals surface area contributed by atoms with E-state index in [9.17, 15) is 4.79 Å². The third-order valence-corrected chi connectivity index (χ3v) is 3.36. The number of ether oxygens (including phenoxy) is 1. The van der Waals surface area contributed by atoms with Gasteiger partial charge in [0.1, 0.15) is 5.65 Å². The zero-order valence-corrected chi connectivity index (χ0v) is 12.3. The van der Waals surface area contributed by atoms with Gasteiger partial charge in [-0.25, -0.2) is 9.78 Å². The van der Waals surface area contributed by atoms with Gasteiger partial charge in [0.05, 0.1) is 5.56 Å². The number of H-pyrrole nitrogens is 1. The molecule has 2 aromatic rings. The largest absolute Gasteiger partial charge is 0.355 e. The molecular formula is C13H12BrN3O2. The van der Waals surface area contributed by atoms with Crippen LogP contribution in [-0.2, 0) is 10.2 Å². The number of nitriles is 1. The van der Waals surface area contributed by atoms with Gasteiger partial charge in [-0.2, -0.15) is 0 Å². The van der Waals surface area contributed by atoms with E-state index < -0.39 is 5.97 Å². The van der Waals surface area contributed by atoms with E-state index >= 15 is 0 Å². The van der Waals surface area contributed by atoms with Crippen LogP contribution in [0.15, 0.2) is 16.9 Å². The monoisotopic (exact) mass is 321 g/mol. The number of hydrogen-bond acceptors (Lipinski definition) is 4.